The van der Waals surface area contributed by atoms with Crippen LogP contribution in [0.4, 0.5) is 5.69 Å². The Kier molecular flexibility index (Phi) is 5.21. The van der Waals surface area contributed by atoms with Crippen molar-refractivity contribution in [1.82, 2.24) is 4.37 Å². The molecular formula is C15H18N2O4S. The predicted molar refractivity (Wildman–Crippen MR) is 86.4 cm³/mol. The average molecular weight is 322 g/mol. The molecule has 0 aliphatic rings. The second-order valence-electron chi connectivity index (χ2n) is 4.54. The summed E-state index contributed by atoms with van der Waals surface area (Å²) in [5, 5.41) is 12.4. The zero-order chi connectivity index (χ0) is 16.1. The number of methoxy groups -OCH3 is 2. The SMILES string of the molecule is CCCNc1c(-c2ccc(OC)c(OC)c2)nsc1C(=O)O. The fourth-order valence-corrected chi connectivity index (χ4v) is 2.75. The summed E-state index contributed by atoms with van der Waals surface area (Å²) in [6, 6.07) is 5.40. The molecule has 0 saturated carbocycles. The molecule has 22 heavy (non-hydrogen) atoms. The summed E-state index contributed by atoms with van der Waals surface area (Å²) in [5.41, 5.74) is 1.93. The topological polar surface area (TPSA) is 80.7 Å². The lowest BCUT2D eigenvalue weighted by molar-refractivity contribution is 0.0703. The van der Waals surface area contributed by atoms with Crippen LogP contribution in [0.3, 0.4) is 0 Å². The highest BCUT2D eigenvalue weighted by Gasteiger charge is 2.21. The smallest absolute Gasteiger partial charge is 0.349 e. The van der Waals surface area contributed by atoms with Crippen LogP contribution < -0.4 is 14.8 Å². The van der Waals surface area contributed by atoms with E-state index in [-0.39, 0.29) is 4.88 Å². The highest BCUT2D eigenvalue weighted by Crippen LogP contribution is 2.37. The summed E-state index contributed by atoms with van der Waals surface area (Å²) in [7, 11) is 3.12. The molecule has 1 heterocycles. The summed E-state index contributed by atoms with van der Waals surface area (Å²) in [4.78, 5) is 11.5. The van der Waals surface area contributed by atoms with Gasteiger partial charge >= 0.3 is 5.97 Å². The Balaban J connectivity index is 2.49. The van der Waals surface area contributed by atoms with Crippen LogP contribution in [0.25, 0.3) is 11.3 Å². The molecule has 0 unspecified atom stereocenters. The molecule has 0 aliphatic carbocycles. The maximum atomic E-state index is 11.3. The first-order chi connectivity index (χ1) is 10.6. The van der Waals surface area contributed by atoms with Crippen molar-refractivity contribution >= 4 is 23.2 Å². The van der Waals surface area contributed by atoms with Gasteiger partial charge in [0.15, 0.2) is 16.4 Å². The number of carbonyl (C=O) groups is 1. The summed E-state index contributed by atoms with van der Waals surface area (Å²) in [6.45, 7) is 2.70. The Hall–Kier alpha value is -2.28. The normalized spacial score (nSPS) is 10.3. The van der Waals surface area contributed by atoms with Crippen molar-refractivity contribution in [1.29, 1.82) is 0 Å². The van der Waals surface area contributed by atoms with Crippen LogP contribution in [0.15, 0.2) is 18.2 Å². The van der Waals surface area contributed by atoms with E-state index < -0.39 is 5.97 Å². The number of aromatic nitrogens is 1. The lowest BCUT2D eigenvalue weighted by atomic mass is 10.1. The number of aromatic carboxylic acids is 1. The van der Waals surface area contributed by atoms with E-state index in [1.165, 1.54) is 0 Å². The number of hydrogen-bond acceptors (Lipinski definition) is 6. The van der Waals surface area contributed by atoms with Gasteiger partial charge in [0.05, 0.1) is 19.9 Å². The minimum atomic E-state index is -0.983. The monoisotopic (exact) mass is 322 g/mol. The second-order valence-corrected chi connectivity index (χ2v) is 5.31. The lowest BCUT2D eigenvalue weighted by Crippen LogP contribution is -2.05. The third-order valence-electron chi connectivity index (χ3n) is 3.10. The number of hydrogen-bond donors (Lipinski definition) is 2. The quantitative estimate of drug-likeness (QED) is 0.813. The van der Waals surface area contributed by atoms with Gasteiger partial charge in [-0.2, -0.15) is 4.37 Å². The Bertz CT molecular complexity index is 670. The van der Waals surface area contributed by atoms with Gasteiger partial charge in [-0.1, -0.05) is 6.92 Å². The zero-order valence-corrected chi connectivity index (χ0v) is 13.5. The number of nitrogens with one attached hydrogen (secondary N) is 1. The molecule has 2 aromatic rings. The Labute approximate surface area is 132 Å². The van der Waals surface area contributed by atoms with E-state index in [1.807, 2.05) is 13.0 Å². The Morgan fingerprint density at radius 2 is 2.05 bits per heavy atom. The molecule has 1 aromatic carbocycles. The molecule has 0 amide bonds. The first-order valence-electron chi connectivity index (χ1n) is 6.81. The van der Waals surface area contributed by atoms with Gasteiger partial charge < -0.3 is 19.9 Å². The van der Waals surface area contributed by atoms with Gasteiger partial charge in [0.1, 0.15) is 5.69 Å². The molecule has 1 aromatic heterocycles. The number of carboxylic acids is 1. The first-order valence-corrected chi connectivity index (χ1v) is 7.58. The molecule has 2 N–H and O–H groups in total. The first kappa shape index (κ1) is 16.1. The summed E-state index contributed by atoms with van der Waals surface area (Å²) in [5.74, 6) is 0.206. The van der Waals surface area contributed by atoms with Crippen LogP contribution in [0.1, 0.15) is 23.0 Å². The van der Waals surface area contributed by atoms with E-state index in [2.05, 4.69) is 9.69 Å². The highest BCUT2D eigenvalue weighted by atomic mass is 32.1. The Morgan fingerprint density at radius 3 is 2.64 bits per heavy atom. The number of nitrogens with zero attached hydrogens (tertiary/aromatic N) is 1. The van der Waals surface area contributed by atoms with Gasteiger partial charge in [-0.3, -0.25) is 0 Å². The van der Waals surface area contributed by atoms with Crippen LogP contribution in [0, 0.1) is 0 Å². The largest absolute Gasteiger partial charge is 0.493 e. The van der Waals surface area contributed by atoms with Crippen LogP contribution >= 0.6 is 11.5 Å². The number of carboxylic acid groups (broad SMARTS) is 1. The minimum absolute atomic E-state index is 0.207. The molecule has 0 radical (unpaired) electrons. The third-order valence-corrected chi connectivity index (χ3v) is 3.93. The summed E-state index contributed by atoms with van der Waals surface area (Å²) >= 11 is 0.969. The van der Waals surface area contributed by atoms with E-state index in [0.29, 0.717) is 29.4 Å². The second kappa shape index (κ2) is 7.13. The van der Waals surface area contributed by atoms with Crippen molar-refractivity contribution in [3.05, 3.63) is 23.1 Å². The zero-order valence-electron chi connectivity index (χ0n) is 12.7. The molecule has 0 atom stereocenters. The van der Waals surface area contributed by atoms with E-state index >= 15 is 0 Å². The minimum Gasteiger partial charge on any atom is -0.493 e. The number of ether oxygens (including phenoxy) is 2. The van der Waals surface area contributed by atoms with Crippen molar-refractivity contribution < 1.29 is 19.4 Å². The third kappa shape index (κ3) is 3.14. The molecule has 6 nitrogen and oxygen atoms in total. The molecule has 0 saturated heterocycles. The van der Waals surface area contributed by atoms with Gasteiger partial charge in [0.25, 0.3) is 0 Å². The molecule has 2 rings (SSSR count). The van der Waals surface area contributed by atoms with Crippen molar-refractivity contribution in [2.24, 2.45) is 0 Å². The van der Waals surface area contributed by atoms with Crippen molar-refractivity contribution in [2.75, 3.05) is 26.1 Å². The van der Waals surface area contributed by atoms with E-state index in [1.54, 1.807) is 26.4 Å². The molecule has 118 valence electrons. The van der Waals surface area contributed by atoms with Crippen LogP contribution in [-0.2, 0) is 0 Å². The number of anilines is 1. The van der Waals surface area contributed by atoms with Crippen LogP contribution in [-0.4, -0.2) is 36.2 Å². The Morgan fingerprint density at radius 1 is 1.32 bits per heavy atom. The summed E-state index contributed by atoms with van der Waals surface area (Å²) < 4.78 is 14.8. The van der Waals surface area contributed by atoms with Gasteiger partial charge in [0, 0.05) is 12.1 Å². The van der Waals surface area contributed by atoms with Gasteiger partial charge in [-0.15, -0.1) is 0 Å². The predicted octanol–water partition coefficient (Wildman–Crippen LogP) is 3.35. The highest BCUT2D eigenvalue weighted by molar-refractivity contribution is 7.09. The summed E-state index contributed by atoms with van der Waals surface area (Å²) in [6.07, 6.45) is 0.889. The van der Waals surface area contributed by atoms with Gasteiger partial charge in [0.2, 0.25) is 0 Å². The van der Waals surface area contributed by atoms with Gasteiger partial charge in [-0.05, 0) is 36.2 Å². The molecule has 7 heteroatoms. The number of benzene rings is 1. The van der Waals surface area contributed by atoms with E-state index in [9.17, 15) is 9.90 Å². The molecule has 0 bridgehead atoms. The van der Waals surface area contributed by atoms with Crippen LogP contribution in [0.2, 0.25) is 0 Å². The average Bonchev–Trinajstić information content (AvgIpc) is 2.96. The molecule has 0 aliphatic heterocycles. The van der Waals surface area contributed by atoms with Crippen molar-refractivity contribution in [3.8, 4) is 22.8 Å². The van der Waals surface area contributed by atoms with Crippen molar-refractivity contribution in [3.63, 3.8) is 0 Å². The van der Waals surface area contributed by atoms with E-state index in [0.717, 1.165) is 23.5 Å². The maximum absolute atomic E-state index is 11.3. The van der Waals surface area contributed by atoms with Crippen LogP contribution in [0.5, 0.6) is 11.5 Å². The molecule has 0 fully saturated rings. The van der Waals surface area contributed by atoms with Gasteiger partial charge in [-0.25, -0.2) is 4.79 Å². The molecule has 0 spiro atoms. The number of rotatable bonds is 7. The fourth-order valence-electron chi connectivity index (χ4n) is 2.03. The standard InChI is InChI=1S/C15H18N2O4S/c1-4-7-16-13-12(17-22-14(13)15(18)19)9-5-6-10(20-2)11(8-9)21-3/h5-6,8,16H,4,7H2,1-3H3,(H,18,19). The fraction of sp³-hybridized carbons (Fsp3) is 0.333. The van der Waals surface area contributed by atoms with Crippen molar-refractivity contribution in [2.45, 2.75) is 13.3 Å². The van der Waals surface area contributed by atoms with E-state index in [4.69, 9.17) is 9.47 Å². The molecular weight excluding hydrogens is 304 g/mol. The maximum Gasteiger partial charge on any atom is 0.349 e. The lowest BCUT2D eigenvalue weighted by Gasteiger charge is -2.10.